The normalized spacial score (nSPS) is 11.8. The molecular formula is C10H16LiO4P. The molecule has 16 heavy (non-hydrogen) atoms. The molecule has 0 spiro atoms. The summed E-state index contributed by atoms with van der Waals surface area (Å²) in [5.74, 6) is 0. The van der Waals surface area contributed by atoms with E-state index in [1.165, 1.54) is 9.80 Å². The molecule has 0 atom stereocenters. The van der Waals surface area contributed by atoms with Crippen molar-refractivity contribution >= 4 is 29.8 Å². The van der Waals surface area contributed by atoms with Gasteiger partial charge in [-0.3, -0.25) is 0 Å². The topological polar surface area (TPSA) is 77.8 Å². The monoisotopic (exact) mass is 238 g/mol. The van der Waals surface area contributed by atoms with Gasteiger partial charge < -0.3 is 14.7 Å². The molecule has 4 nitrogen and oxygen atoms in total. The Balaban J connectivity index is 0.000000385. The summed E-state index contributed by atoms with van der Waals surface area (Å²) in [6.45, 7) is 6.70. The van der Waals surface area contributed by atoms with Crippen molar-refractivity contribution in [2.24, 2.45) is 0 Å². The van der Waals surface area contributed by atoms with E-state index in [2.05, 4.69) is 62.8 Å². The molecule has 3 N–H and O–H groups in total. The van der Waals surface area contributed by atoms with Gasteiger partial charge in [0.05, 0.1) is 0 Å². The molecule has 0 aliphatic heterocycles. The molecule has 0 aromatic heterocycles. The van der Waals surface area contributed by atoms with Gasteiger partial charge in [0.25, 0.3) is 0 Å². The third kappa shape index (κ3) is 9.17. The molecule has 1 aromatic carbocycles. The van der Waals surface area contributed by atoms with Crippen LogP contribution in [0.4, 0.5) is 0 Å². The molecule has 0 saturated carbocycles. The Kier molecular flexibility index (Phi) is 5.99. The van der Waals surface area contributed by atoms with Crippen molar-refractivity contribution < 1.29 is 19.2 Å². The van der Waals surface area contributed by atoms with Crippen molar-refractivity contribution in [1.29, 1.82) is 0 Å². The molecule has 0 unspecified atom stereocenters. The molecular weight excluding hydrogens is 222 g/mol. The number of benzene rings is 1. The van der Waals surface area contributed by atoms with Gasteiger partial charge in [-0.2, -0.15) is 0 Å². The van der Waals surface area contributed by atoms with E-state index in [0.29, 0.717) is 0 Å². The Bertz CT molecular complexity index is 355. The van der Waals surface area contributed by atoms with Crippen LogP contribution in [0.5, 0.6) is 0 Å². The van der Waals surface area contributed by atoms with Crippen LogP contribution < -0.4 is 4.24 Å². The van der Waals surface area contributed by atoms with Gasteiger partial charge in [0.2, 0.25) is 0 Å². The van der Waals surface area contributed by atoms with Crippen LogP contribution in [0, 0.1) is 0 Å². The predicted molar refractivity (Wildman–Crippen MR) is 64.8 cm³/mol. The Morgan fingerprint density at radius 2 is 1.38 bits per heavy atom. The molecule has 86 valence electrons. The molecule has 0 heterocycles. The maximum absolute atomic E-state index is 8.88. The molecule has 1 rings (SSSR count). The molecule has 1 aromatic rings. The van der Waals surface area contributed by atoms with Gasteiger partial charge in [0.15, 0.2) is 0 Å². The van der Waals surface area contributed by atoms with Gasteiger partial charge in [0, 0.05) is 0 Å². The zero-order chi connectivity index (χ0) is 13.0. The minimum absolute atomic E-state index is 0.285. The fourth-order valence-electron chi connectivity index (χ4n) is 1.05. The van der Waals surface area contributed by atoms with E-state index in [1.54, 1.807) is 0 Å². The first-order valence-electron chi connectivity index (χ1n) is 4.85. The van der Waals surface area contributed by atoms with Gasteiger partial charge in [-0.05, 0) is 0 Å². The molecule has 0 saturated heterocycles. The second kappa shape index (κ2) is 6.02. The second-order valence-corrected chi connectivity index (χ2v) is 5.66. The summed E-state index contributed by atoms with van der Waals surface area (Å²) in [5, 5.41) is 0. The van der Waals surface area contributed by atoms with Crippen molar-refractivity contribution in [2.45, 2.75) is 26.2 Å². The summed E-state index contributed by atoms with van der Waals surface area (Å²) in [5.41, 5.74) is 1.69. The summed E-state index contributed by atoms with van der Waals surface area (Å²) in [6, 6.07) is 8.74. The summed E-state index contributed by atoms with van der Waals surface area (Å²) < 4.78 is 10.2. The van der Waals surface area contributed by atoms with Crippen LogP contribution in [0.2, 0.25) is 0 Å². The fraction of sp³-hybridized carbons (Fsp3) is 0.400. The predicted octanol–water partition coefficient (Wildman–Crippen LogP) is 0.849. The molecule has 0 radical (unpaired) electrons. The number of hydrogen-bond acceptors (Lipinski definition) is 1. The van der Waals surface area contributed by atoms with E-state index in [0.717, 1.165) is 0 Å². The van der Waals surface area contributed by atoms with Gasteiger partial charge in [-0.15, -0.1) is 0 Å². The van der Waals surface area contributed by atoms with Crippen molar-refractivity contribution in [1.82, 2.24) is 0 Å². The number of phosphoric acid groups is 1. The maximum atomic E-state index is 8.88. The van der Waals surface area contributed by atoms with Crippen molar-refractivity contribution in [3.05, 3.63) is 29.8 Å². The van der Waals surface area contributed by atoms with E-state index >= 15 is 0 Å². The van der Waals surface area contributed by atoms with Crippen LogP contribution in [-0.4, -0.2) is 32.4 Å². The Hall–Kier alpha value is -0.0726. The van der Waals surface area contributed by atoms with Crippen molar-refractivity contribution in [2.75, 3.05) is 0 Å². The van der Waals surface area contributed by atoms with Gasteiger partial charge in [-0.25, -0.2) is 4.57 Å². The van der Waals surface area contributed by atoms with Crippen LogP contribution in [0.15, 0.2) is 24.3 Å². The first-order valence-corrected chi connectivity index (χ1v) is 6.42. The summed E-state index contributed by atoms with van der Waals surface area (Å²) in [6.07, 6.45) is 0. The number of hydrogen-bond donors (Lipinski definition) is 3. The van der Waals surface area contributed by atoms with Gasteiger partial charge in [-0.1, -0.05) is 0 Å². The Morgan fingerprint density at radius 3 is 1.62 bits per heavy atom. The first kappa shape index (κ1) is 15.9. The summed E-state index contributed by atoms with van der Waals surface area (Å²) in [7, 11) is -4.64. The average molecular weight is 238 g/mol. The van der Waals surface area contributed by atoms with E-state index in [4.69, 9.17) is 19.2 Å². The molecule has 0 aliphatic rings. The van der Waals surface area contributed by atoms with E-state index < -0.39 is 7.82 Å². The average Bonchev–Trinajstić information content (AvgIpc) is 1.99. The first-order chi connectivity index (χ1) is 7.00. The quantitative estimate of drug-likeness (QED) is 0.462. The summed E-state index contributed by atoms with van der Waals surface area (Å²) in [4.78, 5) is 21.6. The fourth-order valence-corrected chi connectivity index (χ4v) is 1.05. The molecule has 0 aliphatic carbocycles. The van der Waals surface area contributed by atoms with E-state index in [1.807, 2.05) is 0 Å². The Labute approximate surface area is 105 Å². The van der Waals surface area contributed by atoms with E-state index in [9.17, 15) is 0 Å². The van der Waals surface area contributed by atoms with Crippen molar-refractivity contribution in [3.63, 3.8) is 0 Å². The molecule has 0 fully saturated rings. The molecule has 0 bridgehead atoms. The Morgan fingerprint density at radius 1 is 1.06 bits per heavy atom. The third-order valence-corrected chi connectivity index (χ3v) is 1.92. The minimum atomic E-state index is -4.64. The van der Waals surface area contributed by atoms with Crippen LogP contribution in [0.3, 0.4) is 0 Å². The van der Waals surface area contributed by atoms with Crippen LogP contribution in [-0.2, 0) is 9.98 Å². The zero-order valence-electron chi connectivity index (χ0n) is 10.0. The third-order valence-electron chi connectivity index (χ3n) is 1.92. The van der Waals surface area contributed by atoms with Crippen LogP contribution >= 0.6 is 7.82 Å². The van der Waals surface area contributed by atoms with E-state index in [-0.39, 0.29) is 5.41 Å². The van der Waals surface area contributed by atoms with Gasteiger partial charge in [0.1, 0.15) is 0 Å². The van der Waals surface area contributed by atoms with Crippen LogP contribution in [0.1, 0.15) is 26.3 Å². The van der Waals surface area contributed by atoms with Gasteiger partial charge >= 0.3 is 85.8 Å². The molecule has 6 heteroatoms. The summed E-state index contributed by atoms with van der Waals surface area (Å²) >= 11 is 2.12. The number of rotatable bonds is 0. The second-order valence-electron chi connectivity index (χ2n) is 4.63. The zero-order valence-corrected chi connectivity index (χ0v) is 10.9. The SMILES string of the molecule is O=P(O)(O)O.[Li][c]1ccc(C(C)(C)C)cc1. The van der Waals surface area contributed by atoms with Crippen LogP contribution in [0.25, 0.3) is 0 Å². The standard InChI is InChI=1S/C10H13.Li.H3O4P/c1-10(2,3)9-7-5-4-6-8-9;;1-5(2,3)4/h5-8H,1-3H3;;(H3,1,2,3,4). The molecule has 0 amide bonds. The van der Waals surface area contributed by atoms with Crippen molar-refractivity contribution in [3.8, 4) is 0 Å².